The van der Waals surface area contributed by atoms with Gasteiger partial charge in [0.1, 0.15) is 6.10 Å². The normalized spacial score (nSPS) is 22.0. The molecule has 0 heterocycles. The van der Waals surface area contributed by atoms with E-state index >= 15 is 0 Å². The van der Waals surface area contributed by atoms with Gasteiger partial charge in [-0.15, -0.1) is 0 Å². The Morgan fingerprint density at radius 3 is 2.59 bits per heavy atom. The predicted octanol–water partition coefficient (Wildman–Crippen LogP) is 4.58. The van der Waals surface area contributed by atoms with Crippen LogP contribution in [0.5, 0.6) is 0 Å². The molecule has 0 atom stereocenters. The highest BCUT2D eigenvalue weighted by atomic mass is 19.2. The maximum Gasteiger partial charge on any atom is 0.330 e. The Hall–Kier alpha value is -1.71. The Balaban J connectivity index is 1.73. The maximum atomic E-state index is 13.2. The van der Waals surface area contributed by atoms with E-state index in [2.05, 4.69) is 0 Å². The summed E-state index contributed by atoms with van der Waals surface area (Å²) in [7, 11) is 0. The summed E-state index contributed by atoms with van der Waals surface area (Å²) in [6, 6.07) is 4.10. The van der Waals surface area contributed by atoms with E-state index in [9.17, 15) is 13.6 Å². The first-order chi connectivity index (χ1) is 10.6. The summed E-state index contributed by atoms with van der Waals surface area (Å²) in [4.78, 5) is 11.4. The molecular weight excluding hydrogens is 286 g/mol. The van der Waals surface area contributed by atoms with Gasteiger partial charge in [0.25, 0.3) is 0 Å². The van der Waals surface area contributed by atoms with Crippen LogP contribution in [0.15, 0.2) is 30.4 Å². The fourth-order valence-electron chi connectivity index (χ4n) is 2.94. The molecule has 1 aliphatic carbocycles. The number of rotatable bonds is 5. The molecule has 1 aliphatic rings. The van der Waals surface area contributed by atoms with Crippen molar-refractivity contribution < 1.29 is 18.3 Å². The molecule has 0 bridgehead atoms. The SMILES string of the molecule is C/C=C/C(=O)OC1CCC(CCc2ccc(F)c(F)c2)CC1. The number of ether oxygens (including phenoxy) is 1. The molecule has 2 nitrogen and oxygen atoms in total. The van der Waals surface area contributed by atoms with Crippen LogP contribution in [0.2, 0.25) is 0 Å². The lowest BCUT2D eigenvalue weighted by molar-refractivity contribution is -0.144. The van der Waals surface area contributed by atoms with Crippen molar-refractivity contribution in [1.29, 1.82) is 0 Å². The van der Waals surface area contributed by atoms with Crippen LogP contribution in [-0.2, 0) is 16.0 Å². The first-order valence-corrected chi connectivity index (χ1v) is 7.85. The Labute approximate surface area is 130 Å². The quantitative estimate of drug-likeness (QED) is 0.588. The van der Waals surface area contributed by atoms with Crippen LogP contribution in [0.25, 0.3) is 0 Å². The van der Waals surface area contributed by atoms with Crippen molar-refractivity contribution in [3.63, 3.8) is 0 Å². The minimum atomic E-state index is -0.799. The third-order valence-corrected chi connectivity index (χ3v) is 4.20. The molecule has 1 aromatic rings. The number of carbonyl (C=O) groups is 1. The summed E-state index contributed by atoms with van der Waals surface area (Å²) >= 11 is 0. The van der Waals surface area contributed by atoms with E-state index < -0.39 is 11.6 Å². The molecule has 1 saturated carbocycles. The van der Waals surface area contributed by atoms with Gasteiger partial charge in [-0.25, -0.2) is 13.6 Å². The van der Waals surface area contributed by atoms with Crippen LogP contribution in [-0.4, -0.2) is 12.1 Å². The summed E-state index contributed by atoms with van der Waals surface area (Å²) in [6.45, 7) is 1.79. The lowest BCUT2D eigenvalue weighted by Gasteiger charge is -2.28. The highest BCUT2D eigenvalue weighted by Crippen LogP contribution is 2.29. The minimum Gasteiger partial charge on any atom is -0.459 e. The monoisotopic (exact) mass is 308 g/mol. The van der Waals surface area contributed by atoms with Gasteiger partial charge in [-0.3, -0.25) is 0 Å². The third-order valence-electron chi connectivity index (χ3n) is 4.20. The number of esters is 1. The Morgan fingerprint density at radius 1 is 1.23 bits per heavy atom. The van der Waals surface area contributed by atoms with Gasteiger partial charge in [-0.05, 0) is 69.1 Å². The van der Waals surface area contributed by atoms with E-state index in [0.29, 0.717) is 5.92 Å². The van der Waals surface area contributed by atoms with E-state index in [4.69, 9.17) is 4.74 Å². The molecule has 120 valence electrons. The van der Waals surface area contributed by atoms with E-state index in [1.54, 1.807) is 19.1 Å². The predicted molar refractivity (Wildman–Crippen MR) is 81.3 cm³/mol. The summed E-state index contributed by atoms with van der Waals surface area (Å²) < 4.78 is 31.4. The Morgan fingerprint density at radius 2 is 1.95 bits per heavy atom. The van der Waals surface area contributed by atoms with E-state index in [-0.39, 0.29) is 12.1 Å². The standard InChI is InChI=1S/C18H22F2O2/c1-2-3-18(21)22-15-9-6-13(7-10-15)4-5-14-8-11-16(19)17(20)12-14/h2-3,8,11-13,15H,4-7,9-10H2,1H3/b3-2+. The van der Waals surface area contributed by atoms with Crippen molar-refractivity contribution in [3.05, 3.63) is 47.5 Å². The summed E-state index contributed by atoms with van der Waals surface area (Å²) in [5, 5.41) is 0. The second kappa shape index (κ2) is 8.06. The van der Waals surface area contributed by atoms with Crippen molar-refractivity contribution in [1.82, 2.24) is 0 Å². The highest BCUT2D eigenvalue weighted by molar-refractivity contribution is 5.81. The molecule has 0 spiro atoms. The number of hydrogen-bond acceptors (Lipinski definition) is 2. The van der Waals surface area contributed by atoms with Gasteiger partial charge in [0.05, 0.1) is 0 Å². The molecule has 0 radical (unpaired) electrons. The number of halogens is 2. The highest BCUT2D eigenvalue weighted by Gasteiger charge is 2.23. The van der Waals surface area contributed by atoms with E-state index in [1.165, 1.54) is 18.2 Å². The van der Waals surface area contributed by atoms with Gasteiger partial charge in [0.2, 0.25) is 0 Å². The molecule has 4 heteroatoms. The molecule has 0 unspecified atom stereocenters. The molecule has 1 fully saturated rings. The van der Waals surface area contributed by atoms with Gasteiger partial charge in [0.15, 0.2) is 11.6 Å². The minimum absolute atomic E-state index is 0.0169. The molecule has 1 aromatic carbocycles. The average molecular weight is 308 g/mol. The zero-order valence-corrected chi connectivity index (χ0v) is 12.9. The summed E-state index contributed by atoms with van der Waals surface area (Å²) in [5.41, 5.74) is 0.834. The third kappa shape index (κ3) is 4.93. The molecular formula is C18H22F2O2. The maximum absolute atomic E-state index is 13.2. The zero-order valence-electron chi connectivity index (χ0n) is 12.9. The number of hydrogen-bond donors (Lipinski definition) is 0. The molecule has 2 rings (SSSR count). The Kier molecular flexibility index (Phi) is 6.10. The summed E-state index contributed by atoms with van der Waals surface area (Å²) in [5.74, 6) is -1.29. The van der Waals surface area contributed by atoms with Gasteiger partial charge in [-0.2, -0.15) is 0 Å². The molecule has 0 amide bonds. The lowest BCUT2D eigenvalue weighted by Crippen LogP contribution is -2.24. The first kappa shape index (κ1) is 16.7. The van der Waals surface area contributed by atoms with Crippen LogP contribution in [0.4, 0.5) is 8.78 Å². The van der Waals surface area contributed by atoms with E-state index in [0.717, 1.165) is 44.1 Å². The second-order valence-electron chi connectivity index (χ2n) is 5.87. The van der Waals surface area contributed by atoms with Gasteiger partial charge < -0.3 is 4.74 Å². The number of carbonyl (C=O) groups excluding carboxylic acids is 1. The van der Waals surface area contributed by atoms with Crippen LogP contribution in [0.3, 0.4) is 0 Å². The smallest absolute Gasteiger partial charge is 0.330 e. The first-order valence-electron chi connectivity index (χ1n) is 7.85. The molecule has 22 heavy (non-hydrogen) atoms. The van der Waals surface area contributed by atoms with Crippen LogP contribution in [0, 0.1) is 17.6 Å². The number of allylic oxidation sites excluding steroid dienone is 1. The van der Waals surface area contributed by atoms with Crippen molar-refractivity contribution in [3.8, 4) is 0 Å². The topological polar surface area (TPSA) is 26.3 Å². The van der Waals surface area contributed by atoms with Gasteiger partial charge in [-0.1, -0.05) is 12.1 Å². The number of benzene rings is 1. The van der Waals surface area contributed by atoms with Crippen molar-refractivity contribution in [2.24, 2.45) is 5.92 Å². The fourth-order valence-corrected chi connectivity index (χ4v) is 2.94. The summed E-state index contributed by atoms with van der Waals surface area (Å²) in [6.07, 6.45) is 8.63. The van der Waals surface area contributed by atoms with Crippen molar-refractivity contribution in [2.45, 2.75) is 51.6 Å². The lowest BCUT2D eigenvalue weighted by atomic mass is 9.84. The van der Waals surface area contributed by atoms with E-state index in [1.807, 2.05) is 0 Å². The fraction of sp³-hybridized carbons (Fsp3) is 0.500. The zero-order chi connectivity index (χ0) is 15.9. The molecule has 0 aliphatic heterocycles. The van der Waals surface area contributed by atoms with Crippen LogP contribution in [0.1, 0.15) is 44.6 Å². The van der Waals surface area contributed by atoms with Crippen LogP contribution < -0.4 is 0 Å². The molecule has 0 N–H and O–H groups in total. The Bertz CT molecular complexity index is 532. The number of aryl methyl sites for hydroxylation is 1. The second-order valence-corrected chi connectivity index (χ2v) is 5.87. The molecule has 0 saturated heterocycles. The van der Waals surface area contributed by atoms with Crippen LogP contribution >= 0.6 is 0 Å². The average Bonchev–Trinajstić information content (AvgIpc) is 2.50. The molecule has 0 aromatic heterocycles. The van der Waals surface area contributed by atoms with Crippen molar-refractivity contribution >= 4 is 5.97 Å². The van der Waals surface area contributed by atoms with Crippen molar-refractivity contribution in [2.75, 3.05) is 0 Å². The van der Waals surface area contributed by atoms with Gasteiger partial charge >= 0.3 is 5.97 Å². The van der Waals surface area contributed by atoms with Gasteiger partial charge in [0, 0.05) is 6.08 Å². The largest absolute Gasteiger partial charge is 0.459 e.